The lowest BCUT2D eigenvalue weighted by Crippen LogP contribution is -2.38. The molecule has 112 valence electrons. The standard InChI is InChI=1S/C16H27N3S/c1-10(16-11(2)18-12(3)20-16)17-7-6-13-8-14-4-5-15(9-13)19-14/h10,13-15,17,19H,4-9H2,1-3H3. The fourth-order valence-corrected chi connectivity index (χ4v) is 4.91. The van der Waals surface area contributed by atoms with Gasteiger partial charge in [0.1, 0.15) is 0 Å². The molecule has 3 unspecified atom stereocenters. The highest BCUT2D eigenvalue weighted by Gasteiger charge is 2.32. The topological polar surface area (TPSA) is 37.0 Å². The molecule has 1 aromatic rings. The molecule has 2 N–H and O–H groups in total. The molecule has 4 heteroatoms. The van der Waals surface area contributed by atoms with Gasteiger partial charge in [0, 0.05) is 23.0 Å². The van der Waals surface area contributed by atoms with Crippen molar-refractivity contribution in [2.45, 2.75) is 71.0 Å². The normalized spacial score (nSPS) is 30.6. The van der Waals surface area contributed by atoms with E-state index >= 15 is 0 Å². The lowest BCUT2D eigenvalue weighted by molar-refractivity contribution is 0.281. The van der Waals surface area contributed by atoms with E-state index in [4.69, 9.17) is 0 Å². The molecule has 0 aromatic carbocycles. The second-order valence-electron chi connectivity index (χ2n) is 6.62. The largest absolute Gasteiger partial charge is 0.311 e. The van der Waals surface area contributed by atoms with Crippen LogP contribution in [0, 0.1) is 19.8 Å². The molecule has 2 aliphatic rings. The van der Waals surface area contributed by atoms with Gasteiger partial charge in [-0.05, 0) is 65.3 Å². The molecule has 20 heavy (non-hydrogen) atoms. The molecule has 2 aliphatic heterocycles. The van der Waals surface area contributed by atoms with E-state index in [1.165, 1.54) is 47.7 Å². The van der Waals surface area contributed by atoms with E-state index in [1.54, 1.807) is 0 Å². The van der Waals surface area contributed by atoms with Gasteiger partial charge in [0.05, 0.1) is 10.7 Å². The van der Waals surface area contributed by atoms with Crippen molar-refractivity contribution in [1.29, 1.82) is 0 Å². The van der Waals surface area contributed by atoms with Gasteiger partial charge in [0.2, 0.25) is 0 Å². The summed E-state index contributed by atoms with van der Waals surface area (Å²) in [7, 11) is 0. The maximum Gasteiger partial charge on any atom is 0.0900 e. The predicted molar refractivity (Wildman–Crippen MR) is 85.3 cm³/mol. The Labute approximate surface area is 126 Å². The molecule has 1 aromatic heterocycles. The van der Waals surface area contributed by atoms with Crippen molar-refractivity contribution in [2.24, 2.45) is 5.92 Å². The van der Waals surface area contributed by atoms with Crippen molar-refractivity contribution in [2.75, 3.05) is 6.54 Å². The van der Waals surface area contributed by atoms with E-state index in [0.717, 1.165) is 24.5 Å². The molecule has 2 saturated heterocycles. The van der Waals surface area contributed by atoms with Crippen LogP contribution in [0.3, 0.4) is 0 Å². The van der Waals surface area contributed by atoms with Gasteiger partial charge in [-0.2, -0.15) is 0 Å². The van der Waals surface area contributed by atoms with E-state index in [2.05, 4.69) is 36.4 Å². The number of aromatic nitrogens is 1. The molecule has 3 rings (SSSR count). The first-order chi connectivity index (χ1) is 9.61. The third kappa shape index (κ3) is 3.23. The van der Waals surface area contributed by atoms with Crippen LogP contribution in [0.25, 0.3) is 0 Å². The highest BCUT2D eigenvalue weighted by atomic mass is 32.1. The Morgan fingerprint density at radius 1 is 1.30 bits per heavy atom. The van der Waals surface area contributed by atoms with Crippen molar-refractivity contribution in [3.8, 4) is 0 Å². The molecule has 0 aliphatic carbocycles. The van der Waals surface area contributed by atoms with Crippen molar-refractivity contribution in [1.82, 2.24) is 15.6 Å². The number of hydrogen-bond acceptors (Lipinski definition) is 4. The average molecular weight is 293 g/mol. The Hall–Kier alpha value is -0.450. The Balaban J connectivity index is 1.44. The monoisotopic (exact) mass is 293 g/mol. The zero-order chi connectivity index (χ0) is 14.1. The van der Waals surface area contributed by atoms with Gasteiger partial charge in [0.25, 0.3) is 0 Å². The average Bonchev–Trinajstić information content (AvgIpc) is 2.91. The summed E-state index contributed by atoms with van der Waals surface area (Å²) >= 11 is 1.84. The maximum absolute atomic E-state index is 4.53. The summed E-state index contributed by atoms with van der Waals surface area (Å²) < 4.78 is 0. The summed E-state index contributed by atoms with van der Waals surface area (Å²) in [6, 6.07) is 2.09. The minimum Gasteiger partial charge on any atom is -0.311 e. The summed E-state index contributed by atoms with van der Waals surface area (Å²) in [6.07, 6.45) is 6.93. The molecule has 2 bridgehead atoms. The Morgan fingerprint density at radius 2 is 2.00 bits per heavy atom. The van der Waals surface area contributed by atoms with Crippen LogP contribution in [-0.4, -0.2) is 23.6 Å². The molecule has 3 nitrogen and oxygen atoms in total. The number of hydrogen-bond donors (Lipinski definition) is 2. The lowest BCUT2D eigenvalue weighted by atomic mass is 9.89. The first kappa shape index (κ1) is 14.5. The molecule has 0 radical (unpaired) electrons. The van der Waals surface area contributed by atoms with E-state index in [1.807, 2.05) is 11.3 Å². The van der Waals surface area contributed by atoms with Gasteiger partial charge in [-0.3, -0.25) is 0 Å². The number of rotatable bonds is 5. The van der Waals surface area contributed by atoms with Crippen molar-refractivity contribution < 1.29 is 0 Å². The Bertz CT molecular complexity index is 445. The van der Waals surface area contributed by atoms with Crippen LogP contribution in [0.4, 0.5) is 0 Å². The van der Waals surface area contributed by atoms with Crippen LogP contribution >= 0.6 is 11.3 Å². The zero-order valence-electron chi connectivity index (χ0n) is 12.9. The molecular formula is C16H27N3S. The van der Waals surface area contributed by atoms with E-state index in [-0.39, 0.29) is 0 Å². The van der Waals surface area contributed by atoms with Crippen LogP contribution in [-0.2, 0) is 0 Å². The van der Waals surface area contributed by atoms with Crippen molar-refractivity contribution >= 4 is 11.3 Å². The highest BCUT2D eigenvalue weighted by Crippen LogP contribution is 2.32. The minimum absolute atomic E-state index is 0.444. The summed E-state index contributed by atoms with van der Waals surface area (Å²) in [5.74, 6) is 0.928. The molecule has 3 atom stereocenters. The van der Waals surface area contributed by atoms with E-state index < -0.39 is 0 Å². The number of nitrogens with one attached hydrogen (secondary N) is 2. The highest BCUT2D eigenvalue weighted by molar-refractivity contribution is 7.11. The lowest BCUT2D eigenvalue weighted by Gasteiger charge is -2.29. The fraction of sp³-hybridized carbons (Fsp3) is 0.812. The van der Waals surface area contributed by atoms with E-state index in [0.29, 0.717) is 6.04 Å². The SMILES string of the molecule is Cc1nc(C)c(C(C)NCCC2CC3CCC(C2)N3)s1. The van der Waals surface area contributed by atoms with Crippen LogP contribution in [0.15, 0.2) is 0 Å². The van der Waals surface area contributed by atoms with Gasteiger partial charge in [-0.15, -0.1) is 11.3 Å². The van der Waals surface area contributed by atoms with Gasteiger partial charge >= 0.3 is 0 Å². The Morgan fingerprint density at radius 3 is 2.60 bits per heavy atom. The summed E-state index contributed by atoms with van der Waals surface area (Å²) in [5, 5.41) is 8.61. The van der Waals surface area contributed by atoms with E-state index in [9.17, 15) is 0 Å². The molecule has 0 saturated carbocycles. The molecule has 2 fully saturated rings. The number of aryl methyl sites for hydroxylation is 2. The van der Waals surface area contributed by atoms with Gasteiger partial charge in [-0.25, -0.2) is 4.98 Å². The predicted octanol–water partition coefficient (Wildman–Crippen LogP) is 3.33. The van der Waals surface area contributed by atoms with Crippen molar-refractivity contribution in [3.05, 3.63) is 15.6 Å². The third-order valence-electron chi connectivity index (χ3n) is 4.91. The molecule has 0 amide bonds. The van der Waals surface area contributed by atoms with Crippen LogP contribution in [0.2, 0.25) is 0 Å². The molecule has 0 spiro atoms. The second kappa shape index (κ2) is 6.12. The second-order valence-corrected chi connectivity index (χ2v) is 7.86. The van der Waals surface area contributed by atoms with Crippen LogP contribution in [0.1, 0.15) is 60.6 Å². The maximum atomic E-state index is 4.53. The first-order valence-corrected chi connectivity index (χ1v) is 8.87. The summed E-state index contributed by atoms with van der Waals surface area (Å²) in [6.45, 7) is 7.63. The van der Waals surface area contributed by atoms with Crippen LogP contribution < -0.4 is 10.6 Å². The first-order valence-electron chi connectivity index (χ1n) is 8.05. The number of nitrogens with zero attached hydrogens (tertiary/aromatic N) is 1. The smallest absolute Gasteiger partial charge is 0.0900 e. The van der Waals surface area contributed by atoms with Gasteiger partial charge < -0.3 is 10.6 Å². The van der Waals surface area contributed by atoms with Crippen LogP contribution in [0.5, 0.6) is 0 Å². The fourth-order valence-electron chi connectivity index (χ4n) is 3.96. The molecular weight excluding hydrogens is 266 g/mol. The summed E-state index contributed by atoms with van der Waals surface area (Å²) in [5.41, 5.74) is 1.20. The number of fused-ring (bicyclic) bond motifs is 2. The Kier molecular flexibility index (Phi) is 4.43. The number of thiazole rings is 1. The van der Waals surface area contributed by atoms with Gasteiger partial charge in [0.15, 0.2) is 0 Å². The van der Waals surface area contributed by atoms with Gasteiger partial charge in [-0.1, -0.05) is 0 Å². The molecule has 3 heterocycles. The summed E-state index contributed by atoms with van der Waals surface area (Å²) in [4.78, 5) is 5.94. The zero-order valence-corrected chi connectivity index (χ0v) is 13.7. The quantitative estimate of drug-likeness (QED) is 0.874. The third-order valence-corrected chi connectivity index (χ3v) is 6.16. The number of piperidine rings is 1. The van der Waals surface area contributed by atoms with Crippen molar-refractivity contribution in [3.63, 3.8) is 0 Å². The minimum atomic E-state index is 0.444.